The van der Waals surface area contributed by atoms with Crippen LogP contribution in [-0.4, -0.2) is 31.3 Å². The highest BCUT2D eigenvalue weighted by atomic mass is 16.5. The van der Waals surface area contributed by atoms with Crippen LogP contribution >= 0.6 is 0 Å². The van der Waals surface area contributed by atoms with Gasteiger partial charge in [-0.25, -0.2) is 0 Å². The number of carbonyl (C=O) groups excluding carboxylic acids is 1. The van der Waals surface area contributed by atoms with Crippen LogP contribution in [0.1, 0.15) is 36.6 Å². The normalized spacial score (nSPS) is 19.2. The molecule has 1 amide bonds. The number of rotatable bonds is 4. The van der Waals surface area contributed by atoms with Gasteiger partial charge < -0.3 is 19.9 Å². The molecule has 1 aromatic carbocycles. The van der Waals surface area contributed by atoms with Crippen molar-refractivity contribution in [2.75, 3.05) is 20.3 Å². The third kappa shape index (κ3) is 3.24. The fraction of sp³-hybridized carbons (Fsp3) is 0.500. The Kier molecular flexibility index (Phi) is 4.39. The SMILES string of the molecule is COCC(O)c1ccc2c(c1)C(NC(C)=O)CCO2. The number of carbonyl (C=O) groups is 1. The maximum atomic E-state index is 11.2. The largest absolute Gasteiger partial charge is 0.493 e. The van der Waals surface area contributed by atoms with Gasteiger partial charge in [-0.3, -0.25) is 4.79 Å². The van der Waals surface area contributed by atoms with Crippen molar-refractivity contribution in [1.82, 2.24) is 5.32 Å². The first-order valence-corrected chi connectivity index (χ1v) is 6.32. The van der Waals surface area contributed by atoms with Crippen LogP contribution in [0, 0.1) is 0 Å². The zero-order chi connectivity index (χ0) is 13.8. The molecule has 1 aliphatic heterocycles. The predicted molar refractivity (Wildman–Crippen MR) is 69.9 cm³/mol. The first-order valence-electron chi connectivity index (χ1n) is 6.32. The number of aliphatic hydroxyl groups excluding tert-OH is 1. The second-order valence-corrected chi connectivity index (χ2v) is 4.66. The minimum absolute atomic E-state index is 0.0593. The average molecular weight is 265 g/mol. The van der Waals surface area contributed by atoms with Crippen LogP contribution in [0.2, 0.25) is 0 Å². The Morgan fingerprint density at radius 2 is 2.42 bits per heavy atom. The molecule has 104 valence electrons. The van der Waals surface area contributed by atoms with Gasteiger partial charge in [0.1, 0.15) is 11.9 Å². The molecular weight excluding hydrogens is 246 g/mol. The van der Waals surface area contributed by atoms with Crippen molar-refractivity contribution in [3.05, 3.63) is 29.3 Å². The van der Waals surface area contributed by atoms with Crippen LogP contribution in [0.25, 0.3) is 0 Å². The molecule has 0 saturated carbocycles. The maximum Gasteiger partial charge on any atom is 0.217 e. The lowest BCUT2D eigenvalue weighted by molar-refractivity contribution is -0.119. The molecule has 0 saturated heterocycles. The molecule has 0 fully saturated rings. The molecule has 0 bridgehead atoms. The number of aliphatic hydroxyl groups is 1. The van der Waals surface area contributed by atoms with Gasteiger partial charge in [0.25, 0.3) is 0 Å². The van der Waals surface area contributed by atoms with Crippen molar-refractivity contribution in [3.63, 3.8) is 0 Å². The Hall–Kier alpha value is -1.59. The monoisotopic (exact) mass is 265 g/mol. The van der Waals surface area contributed by atoms with Crippen molar-refractivity contribution in [1.29, 1.82) is 0 Å². The van der Waals surface area contributed by atoms with Crippen LogP contribution in [0.15, 0.2) is 18.2 Å². The smallest absolute Gasteiger partial charge is 0.217 e. The highest BCUT2D eigenvalue weighted by molar-refractivity contribution is 5.73. The third-order valence-corrected chi connectivity index (χ3v) is 3.16. The Labute approximate surface area is 112 Å². The predicted octanol–water partition coefficient (Wildman–Crippen LogP) is 1.33. The van der Waals surface area contributed by atoms with Crippen molar-refractivity contribution < 1.29 is 19.4 Å². The van der Waals surface area contributed by atoms with Crippen LogP contribution in [0.3, 0.4) is 0 Å². The Morgan fingerprint density at radius 1 is 1.63 bits per heavy atom. The first-order chi connectivity index (χ1) is 9.11. The van der Waals surface area contributed by atoms with Crippen LogP contribution < -0.4 is 10.1 Å². The van der Waals surface area contributed by atoms with Gasteiger partial charge in [0.05, 0.1) is 19.3 Å². The first kappa shape index (κ1) is 13.8. The zero-order valence-electron chi connectivity index (χ0n) is 11.2. The molecule has 1 heterocycles. The summed E-state index contributed by atoms with van der Waals surface area (Å²) in [6, 6.07) is 5.46. The number of methoxy groups -OCH3 is 1. The van der Waals surface area contributed by atoms with Gasteiger partial charge in [0.2, 0.25) is 5.91 Å². The molecule has 0 aromatic heterocycles. The molecular formula is C14H19NO4. The summed E-state index contributed by atoms with van der Waals surface area (Å²) >= 11 is 0. The van der Waals surface area contributed by atoms with E-state index in [9.17, 15) is 9.90 Å². The van der Waals surface area contributed by atoms with E-state index >= 15 is 0 Å². The van der Waals surface area contributed by atoms with Crippen LogP contribution in [0.4, 0.5) is 0 Å². The van der Waals surface area contributed by atoms with E-state index in [4.69, 9.17) is 9.47 Å². The fourth-order valence-corrected chi connectivity index (χ4v) is 2.27. The second kappa shape index (κ2) is 6.04. The molecule has 5 nitrogen and oxygen atoms in total. The van der Waals surface area contributed by atoms with Crippen LogP contribution in [-0.2, 0) is 9.53 Å². The molecule has 0 radical (unpaired) electrons. The molecule has 1 aliphatic rings. The number of nitrogens with one attached hydrogen (secondary N) is 1. The second-order valence-electron chi connectivity index (χ2n) is 4.66. The number of benzene rings is 1. The van der Waals surface area contributed by atoms with Gasteiger partial charge in [0, 0.05) is 26.0 Å². The van der Waals surface area contributed by atoms with Crippen LogP contribution in [0.5, 0.6) is 5.75 Å². The lowest BCUT2D eigenvalue weighted by Crippen LogP contribution is -2.30. The van der Waals surface area contributed by atoms with Crippen molar-refractivity contribution in [3.8, 4) is 5.75 Å². The van der Waals surface area contributed by atoms with E-state index in [1.54, 1.807) is 7.11 Å². The Balaban J connectivity index is 2.27. The maximum absolute atomic E-state index is 11.2. The van der Waals surface area contributed by atoms with Gasteiger partial charge >= 0.3 is 0 Å². The van der Waals surface area contributed by atoms with E-state index in [1.807, 2.05) is 18.2 Å². The summed E-state index contributed by atoms with van der Waals surface area (Å²) in [5.41, 5.74) is 1.68. The number of hydrogen-bond donors (Lipinski definition) is 2. The fourth-order valence-electron chi connectivity index (χ4n) is 2.27. The number of amides is 1. The number of hydrogen-bond acceptors (Lipinski definition) is 4. The highest BCUT2D eigenvalue weighted by Gasteiger charge is 2.23. The summed E-state index contributed by atoms with van der Waals surface area (Å²) in [6.45, 7) is 2.32. The van der Waals surface area contributed by atoms with Gasteiger partial charge in [-0.15, -0.1) is 0 Å². The van der Waals surface area contributed by atoms with Gasteiger partial charge in [-0.2, -0.15) is 0 Å². The van der Waals surface area contributed by atoms with Crippen molar-refractivity contribution in [2.45, 2.75) is 25.5 Å². The quantitative estimate of drug-likeness (QED) is 0.861. The van der Waals surface area contributed by atoms with E-state index in [2.05, 4.69) is 5.32 Å². The average Bonchev–Trinajstić information content (AvgIpc) is 2.38. The molecule has 2 atom stereocenters. The Morgan fingerprint density at radius 3 is 3.11 bits per heavy atom. The van der Waals surface area contributed by atoms with Crippen molar-refractivity contribution in [2.24, 2.45) is 0 Å². The number of ether oxygens (including phenoxy) is 2. The molecule has 5 heteroatoms. The van der Waals surface area contributed by atoms with E-state index in [0.29, 0.717) is 6.61 Å². The number of fused-ring (bicyclic) bond motifs is 1. The van der Waals surface area contributed by atoms with E-state index in [1.165, 1.54) is 6.92 Å². The van der Waals surface area contributed by atoms with Gasteiger partial charge in [0.15, 0.2) is 0 Å². The summed E-state index contributed by atoms with van der Waals surface area (Å²) in [7, 11) is 1.55. The van der Waals surface area contributed by atoms with Gasteiger partial charge in [-0.05, 0) is 17.7 Å². The lowest BCUT2D eigenvalue weighted by Gasteiger charge is -2.27. The topological polar surface area (TPSA) is 67.8 Å². The zero-order valence-corrected chi connectivity index (χ0v) is 11.2. The Bertz CT molecular complexity index is 461. The summed E-state index contributed by atoms with van der Waals surface area (Å²) in [5, 5.41) is 12.8. The third-order valence-electron chi connectivity index (χ3n) is 3.16. The lowest BCUT2D eigenvalue weighted by atomic mass is 9.96. The minimum atomic E-state index is -0.671. The summed E-state index contributed by atoms with van der Waals surface area (Å²) in [4.78, 5) is 11.2. The summed E-state index contributed by atoms with van der Waals surface area (Å²) in [5.74, 6) is 0.694. The van der Waals surface area contributed by atoms with Gasteiger partial charge in [-0.1, -0.05) is 6.07 Å². The van der Waals surface area contributed by atoms with E-state index < -0.39 is 6.10 Å². The molecule has 0 spiro atoms. The summed E-state index contributed by atoms with van der Waals surface area (Å²) in [6.07, 6.45) is 0.0614. The molecule has 1 aromatic rings. The molecule has 19 heavy (non-hydrogen) atoms. The highest BCUT2D eigenvalue weighted by Crippen LogP contribution is 2.34. The molecule has 0 aliphatic carbocycles. The van der Waals surface area contributed by atoms with E-state index in [0.717, 1.165) is 23.3 Å². The molecule has 2 N–H and O–H groups in total. The minimum Gasteiger partial charge on any atom is -0.493 e. The van der Waals surface area contributed by atoms with Crippen molar-refractivity contribution >= 4 is 5.91 Å². The standard InChI is InChI=1S/C14H19NO4/c1-9(16)15-12-5-6-19-14-4-3-10(7-11(12)14)13(17)8-18-2/h3-4,7,12-13,17H,5-6,8H2,1-2H3,(H,15,16). The molecule has 2 unspecified atom stereocenters. The van der Waals surface area contributed by atoms with E-state index in [-0.39, 0.29) is 18.6 Å². The molecule has 2 rings (SSSR count). The summed E-state index contributed by atoms with van der Waals surface area (Å²) < 4.78 is 10.5.